The van der Waals surface area contributed by atoms with E-state index in [1.54, 1.807) is 18.2 Å². The van der Waals surface area contributed by atoms with E-state index in [0.29, 0.717) is 11.7 Å². The molecule has 1 aromatic heterocycles. The van der Waals surface area contributed by atoms with Gasteiger partial charge in [-0.2, -0.15) is 0 Å². The molecule has 0 unspecified atom stereocenters. The van der Waals surface area contributed by atoms with Crippen LogP contribution in [0.4, 0.5) is 5.82 Å². The van der Waals surface area contributed by atoms with Crippen molar-refractivity contribution in [2.75, 3.05) is 5.32 Å². The zero-order valence-electron chi connectivity index (χ0n) is 11.8. The first kappa shape index (κ1) is 14.1. The number of carbonyl (C=O) groups is 1. The maximum atomic E-state index is 12.1. The number of carbonyl (C=O) groups excluding carboxylic acids is 1. The number of phenolic OH excluding ortho intramolecular Hbond substituents is 1. The minimum Gasteiger partial charge on any atom is -0.507 e. The largest absolute Gasteiger partial charge is 0.507 e. The van der Waals surface area contributed by atoms with Crippen LogP contribution in [0.5, 0.6) is 5.75 Å². The average Bonchev–Trinajstić information content (AvgIpc) is 2.38. The minimum atomic E-state index is -0.365. The molecular formula is C16H18N2O2. The number of benzene rings is 1. The minimum absolute atomic E-state index is 0.0126. The van der Waals surface area contributed by atoms with Gasteiger partial charge in [-0.3, -0.25) is 4.79 Å². The highest BCUT2D eigenvalue weighted by atomic mass is 16.3. The Balaban J connectivity index is 2.21. The van der Waals surface area contributed by atoms with E-state index < -0.39 is 0 Å². The van der Waals surface area contributed by atoms with Crippen LogP contribution in [0, 0.1) is 6.92 Å². The quantitative estimate of drug-likeness (QED) is 0.897. The molecular weight excluding hydrogens is 252 g/mol. The van der Waals surface area contributed by atoms with Gasteiger partial charge in [-0.1, -0.05) is 26.0 Å². The third-order valence-electron chi connectivity index (χ3n) is 3.06. The number of phenols is 1. The molecule has 0 spiro atoms. The Morgan fingerprint density at radius 2 is 2.00 bits per heavy atom. The van der Waals surface area contributed by atoms with Crippen molar-refractivity contribution in [1.82, 2.24) is 4.98 Å². The van der Waals surface area contributed by atoms with Crippen molar-refractivity contribution in [1.29, 1.82) is 0 Å². The Morgan fingerprint density at radius 3 is 2.60 bits per heavy atom. The smallest absolute Gasteiger partial charge is 0.260 e. The summed E-state index contributed by atoms with van der Waals surface area (Å²) in [6.07, 6.45) is 0. The van der Waals surface area contributed by atoms with Gasteiger partial charge in [-0.25, -0.2) is 4.98 Å². The predicted octanol–water partition coefficient (Wildman–Crippen LogP) is 3.47. The molecule has 2 N–H and O–H groups in total. The molecule has 0 aliphatic heterocycles. The zero-order chi connectivity index (χ0) is 14.7. The van der Waals surface area contributed by atoms with E-state index in [1.165, 1.54) is 0 Å². The lowest BCUT2D eigenvalue weighted by Crippen LogP contribution is -2.13. The SMILES string of the molecule is Cc1cccc(NC(=O)c2ccc(C(C)C)cc2O)n1. The van der Waals surface area contributed by atoms with Crippen LogP contribution in [0.3, 0.4) is 0 Å². The van der Waals surface area contributed by atoms with Crippen molar-refractivity contribution in [3.63, 3.8) is 0 Å². The number of nitrogens with zero attached hydrogens (tertiary/aromatic N) is 1. The lowest BCUT2D eigenvalue weighted by molar-refractivity contribution is 0.102. The van der Waals surface area contributed by atoms with Crippen LogP contribution < -0.4 is 5.32 Å². The lowest BCUT2D eigenvalue weighted by Gasteiger charge is -2.10. The number of aromatic hydroxyl groups is 1. The predicted molar refractivity (Wildman–Crippen MR) is 79.1 cm³/mol. The van der Waals surface area contributed by atoms with Crippen LogP contribution in [-0.4, -0.2) is 16.0 Å². The number of amides is 1. The topological polar surface area (TPSA) is 62.2 Å². The molecule has 0 radical (unpaired) electrons. The van der Waals surface area contributed by atoms with Gasteiger partial charge in [-0.05, 0) is 42.7 Å². The molecule has 4 nitrogen and oxygen atoms in total. The van der Waals surface area contributed by atoms with Gasteiger partial charge in [-0.15, -0.1) is 0 Å². The molecule has 0 bridgehead atoms. The summed E-state index contributed by atoms with van der Waals surface area (Å²) >= 11 is 0. The highest BCUT2D eigenvalue weighted by Gasteiger charge is 2.13. The molecule has 2 rings (SSSR count). The van der Waals surface area contributed by atoms with Crippen molar-refractivity contribution >= 4 is 11.7 Å². The first-order chi connectivity index (χ1) is 9.47. The van der Waals surface area contributed by atoms with Gasteiger partial charge in [0, 0.05) is 5.69 Å². The van der Waals surface area contributed by atoms with E-state index in [9.17, 15) is 9.90 Å². The Hall–Kier alpha value is -2.36. The summed E-state index contributed by atoms with van der Waals surface area (Å²) in [4.78, 5) is 16.3. The van der Waals surface area contributed by atoms with Crippen LogP contribution in [0.2, 0.25) is 0 Å². The van der Waals surface area contributed by atoms with Crippen molar-refractivity contribution in [3.05, 3.63) is 53.2 Å². The monoisotopic (exact) mass is 270 g/mol. The Bertz CT molecular complexity index is 636. The molecule has 20 heavy (non-hydrogen) atoms. The van der Waals surface area contributed by atoms with E-state index in [1.807, 2.05) is 39.0 Å². The summed E-state index contributed by atoms with van der Waals surface area (Å²) < 4.78 is 0. The van der Waals surface area contributed by atoms with E-state index >= 15 is 0 Å². The molecule has 2 aromatic rings. The Labute approximate surface area is 118 Å². The van der Waals surface area contributed by atoms with Gasteiger partial charge in [0.15, 0.2) is 0 Å². The number of nitrogens with one attached hydrogen (secondary N) is 1. The summed E-state index contributed by atoms with van der Waals surface area (Å²) in [7, 11) is 0. The molecule has 1 amide bonds. The number of aryl methyl sites for hydroxylation is 1. The van der Waals surface area contributed by atoms with Gasteiger partial charge in [0.25, 0.3) is 5.91 Å². The van der Waals surface area contributed by atoms with Crippen molar-refractivity contribution in [3.8, 4) is 5.75 Å². The first-order valence-electron chi connectivity index (χ1n) is 6.55. The highest BCUT2D eigenvalue weighted by Crippen LogP contribution is 2.24. The summed E-state index contributed by atoms with van der Waals surface area (Å²) in [5.74, 6) is 0.399. The van der Waals surface area contributed by atoms with Crippen LogP contribution in [0.1, 0.15) is 41.4 Å². The van der Waals surface area contributed by atoms with Crippen LogP contribution in [-0.2, 0) is 0 Å². The van der Waals surface area contributed by atoms with Gasteiger partial charge < -0.3 is 10.4 Å². The highest BCUT2D eigenvalue weighted by molar-refractivity contribution is 6.05. The second-order valence-electron chi connectivity index (χ2n) is 5.05. The van der Waals surface area contributed by atoms with E-state index in [4.69, 9.17) is 0 Å². The van der Waals surface area contributed by atoms with E-state index in [2.05, 4.69) is 10.3 Å². The molecule has 104 valence electrons. The third-order valence-corrected chi connectivity index (χ3v) is 3.06. The van der Waals surface area contributed by atoms with Crippen molar-refractivity contribution in [2.45, 2.75) is 26.7 Å². The number of pyridine rings is 1. The molecule has 0 fully saturated rings. The molecule has 0 atom stereocenters. The molecule has 0 saturated heterocycles. The Morgan fingerprint density at radius 1 is 1.25 bits per heavy atom. The van der Waals surface area contributed by atoms with Gasteiger partial charge in [0.05, 0.1) is 5.56 Å². The summed E-state index contributed by atoms with van der Waals surface area (Å²) in [5.41, 5.74) is 2.06. The second-order valence-corrected chi connectivity index (χ2v) is 5.05. The third kappa shape index (κ3) is 3.15. The molecule has 0 aliphatic carbocycles. The maximum absolute atomic E-state index is 12.1. The average molecular weight is 270 g/mol. The number of hydrogen-bond acceptors (Lipinski definition) is 3. The van der Waals surface area contributed by atoms with Gasteiger partial charge in [0.2, 0.25) is 0 Å². The fourth-order valence-electron chi connectivity index (χ4n) is 1.90. The number of rotatable bonds is 3. The fourth-order valence-corrected chi connectivity index (χ4v) is 1.90. The van der Waals surface area contributed by atoms with E-state index in [0.717, 1.165) is 11.3 Å². The van der Waals surface area contributed by atoms with Gasteiger partial charge in [0.1, 0.15) is 11.6 Å². The van der Waals surface area contributed by atoms with Crippen molar-refractivity contribution in [2.24, 2.45) is 0 Å². The molecule has 4 heteroatoms. The van der Waals surface area contributed by atoms with Crippen LogP contribution in [0.25, 0.3) is 0 Å². The summed E-state index contributed by atoms with van der Waals surface area (Å²) in [6.45, 7) is 5.92. The molecule has 0 aliphatic rings. The maximum Gasteiger partial charge on any atom is 0.260 e. The summed E-state index contributed by atoms with van der Waals surface area (Å²) in [5, 5.41) is 12.6. The standard InChI is InChI=1S/C16H18N2O2/c1-10(2)12-7-8-13(14(19)9-12)16(20)18-15-6-4-5-11(3)17-15/h4-10,19H,1-3H3,(H,17,18,20). The number of aromatic nitrogens is 1. The lowest BCUT2D eigenvalue weighted by atomic mass is 10.0. The van der Waals surface area contributed by atoms with Crippen LogP contribution >= 0.6 is 0 Å². The second kappa shape index (κ2) is 5.74. The fraction of sp³-hybridized carbons (Fsp3) is 0.250. The molecule has 1 aromatic carbocycles. The molecule has 1 heterocycles. The van der Waals surface area contributed by atoms with Crippen molar-refractivity contribution < 1.29 is 9.90 Å². The molecule has 0 saturated carbocycles. The van der Waals surface area contributed by atoms with Gasteiger partial charge >= 0.3 is 0 Å². The number of hydrogen-bond donors (Lipinski definition) is 2. The Kier molecular flexibility index (Phi) is 4.03. The zero-order valence-corrected chi connectivity index (χ0v) is 11.8. The summed E-state index contributed by atoms with van der Waals surface area (Å²) in [6, 6.07) is 10.5. The normalized spacial score (nSPS) is 10.6. The van der Waals surface area contributed by atoms with E-state index in [-0.39, 0.29) is 17.2 Å². The first-order valence-corrected chi connectivity index (χ1v) is 6.55. The van der Waals surface area contributed by atoms with Crippen LogP contribution in [0.15, 0.2) is 36.4 Å². The number of anilines is 1.